The van der Waals surface area contributed by atoms with Gasteiger partial charge in [0.15, 0.2) is 5.60 Å². The number of aromatic nitrogens is 4. The minimum absolute atomic E-state index is 0.372. The maximum atomic E-state index is 13.1. The van der Waals surface area contributed by atoms with E-state index in [1.807, 2.05) is 29.6 Å². The first-order chi connectivity index (χ1) is 12.8. The number of hydrogen-bond acceptors (Lipinski definition) is 5. The van der Waals surface area contributed by atoms with Crippen molar-refractivity contribution in [3.8, 4) is 0 Å². The van der Waals surface area contributed by atoms with Gasteiger partial charge < -0.3 is 14.2 Å². The van der Waals surface area contributed by atoms with Crippen LogP contribution >= 0.6 is 0 Å². The Hall–Kier alpha value is -2.68. The van der Waals surface area contributed by atoms with Crippen LogP contribution < -0.4 is 4.90 Å². The molecule has 9 heteroatoms. The van der Waals surface area contributed by atoms with Gasteiger partial charge in [-0.15, -0.1) is 0 Å². The summed E-state index contributed by atoms with van der Waals surface area (Å²) in [5.74, 6) is 1.26. The lowest BCUT2D eigenvalue weighted by Crippen LogP contribution is -2.62. The summed E-state index contributed by atoms with van der Waals surface area (Å²) >= 11 is 0. The summed E-state index contributed by atoms with van der Waals surface area (Å²) in [6.45, 7) is 3.31. The van der Waals surface area contributed by atoms with E-state index in [1.54, 1.807) is 6.20 Å². The van der Waals surface area contributed by atoms with Crippen LogP contribution in [0.25, 0.3) is 10.9 Å². The largest absolute Gasteiger partial charge is 0.416 e. The van der Waals surface area contributed by atoms with Crippen molar-refractivity contribution in [2.24, 2.45) is 7.05 Å². The van der Waals surface area contributed by atoms with Crippen LogP contribution in [0.2, 0.25) is 0 Å². The predicted molar refractivity (Wildman–Crippen MR) is 93.3 cm³/mol. The summed E-state index contributed by atoms with van der Waals surface area (Å²) in [5, 5.41) is 0.372. The minimum Gasteiger partial charge on any atom is -0.364 e. The van der Waals surface area contributed by atoms with Crippen molar-refractivity contribution < 1.29 is 17.9 Å². The van der Waals surface area contributed by atoms with Gasteiger partial charge in [0.1, 0.15) is 18.0 Å². The van der Waals surface area contributed by atoms with Crippen molar-refractivity contribution >= 4 is 16.7 Å². The molecule has 1 saturated heterocycles. The molecule has 4 rings (SSSR count). The Morgan fingerprint density at radius 1 is 1.19 bits per heavy atom. The van der Waals surface area contributed by atoms with Crippen molar-refractivity contribution in [1.29, 1.82) is 0 Å². The number of ether oxygens (including phenoxy) is 1. The Morgan fingerprint density at radius 3 is 2.59 bits per heavy atom. The molecule has 27 heavy (non-hydrogen) atoms. The Balaban J connectivity index is 1.71. The molecule has 142 valence electrons. The number of anilines is 1. The number of imidazole rings is 1. The summed E-state index contributed by atoms with van der Waals surface area (Å²) in [4.78, 5) is 14.6. The number of aryl methyl sites for hydroxylation is 1. The van der Waals surface area contributed by atoms with Crippen LogP contribution in [-0.2, 0) is 23.6 Å². The van der Waals surface area contributed by atoms with Crippen LogP contribution in [0.5, 0.6) is 0 Å². The molecule has 6 nitrogen and oxygen atoms in total. The third-order valence-electron chi connectivity index (χ3n) is 4.78. The molecule has 1 fully saturated rings. The van der Waals surface area contributed by atoms with Gasteiger partial charge in [0, 0.05) is 31.4 Å². The van der Waals surface area contributed by atoms with Crippen molar-refractivity contribution in [1.82, 2.24) is 19.5 Å². The molecule has 0 spiro atoms. The van der Waals surface area contributed by atoms with Gasteiger partial charge in [0.25, 0.3) is 0 Å². The molecule has 2 aromatic heterocycles. The molecule has 0 atom stereocenters. The third kappa shape index (κ3) is 2.91. The van der Waals surface area contributed by atoms with Crippen molar-refractivity contribution in [2.75, 3.05) is 24.6 Å². The van der Waals surface area contributed by atoms with Gasteiger partial charge in [-0.25, -0.2) is 15.0 Å². The van der Waals surface area contributed by atoms with Gasteiger partial charge in [0.05, 0.1) is 24.2 Å². The molecular weight excluding hydrogens is 359 g/mol. The highest BCUT2D eigenvalue weighted by Gasteiger charge is 2.49. The van der Waals surface area contributed by atoms with Crippen LogP contribution in [0.4, 0.5) is 19.0 Å². The maximum absolute atomic E-state index is 13.1. The normalized spacial score (nSPS) is 16.6. The number of halogens is 3. The molecule has 0 unspecified atom stereocenters. The zero-order valence-corrected chi connectivity index (χ0v) is 14.9. The highest BCUT2D eigenvalue weighted by atomic mass is 19.4. The fourth-order valence-corrected chi connectivity index (χ4v) is 3.57. The Bertz CT molecular complexity index is 979. The predicted octanol–water partition coefficient (Wildman–Crippen LogP) is 3.13. The van der Waals surface area contributed by atoms with E-state index in [0.29, 0.717) is 36.4 Å². The average Bonchev–Trinajstić information content (AvgIpc) is 3.02. The molecule has 0 aliphatic carbocycles. The second-order valence-corrected chi connectivity index (χ2v) is 6.57. The summed E-state index contributed by atoms with van der Waals surface area (Å²) in [6.07, 6.45) is 0.494. The lowest BCUT2D eigenvalue weighted by Gasteiger charge is -2.49. The molecule has 1 aromatic carbocycles. The summed E-state index contributed by atoms with van der Waals surface area (Å²) in [7, 11) is 1.89. The first-order valence-electron chi connectivity index (χ1n) is 8.53. The first kappa shape index (κ1) is 17.7. The summed E-state index contributed by atoms with van der Waals surface area (Å²) < 4.78 is 47.2. The van der Waals surface area contributed by atoms with E-state index in [4.69, 9.17) is 4.74 Å². The van der Waals surface area contributed by atoms with Crippen LogP contribution in [0.1, 0.15) is 18.3 Å². The van der Waals surface area contributed by atoms with E-state index < -0.39 is 17.3 Å². The number of fused-ring (bicyclic) bond motifs is 1. The topological polar surface area (TPSA) is 56.1 Å². The van der Waals surface area contributed by atoms with Crippen molar-refractivity contribution in [2.45, 2.75) is 18.7 Å². The highest BCUT2D eigenvalue weighted by Crippen LogP contribution is 2.40. The number of nitrogens with zero attached hydrogens (tertiary/aromatic N) is 5. The fourth-order valence-electron chi connectivity index (χ4n) is 3.57. The Labute approximate surface area is 153 Å². The molecule has 1 aliphatic rings. The standard InChI is InChI=1S/C18H18F3N5O/c1-3-27-17(16-22-6-7-25(16)2)9-26(10-17)15-13-8-12(18(19,20)21)4-5-14(13)23-11-24-15/h4-8,11H,3,9-10H2,1-2H3. The van der Waals surface area contributed by atoms with Crippen LogP contribution in [-0.4, -0.2) is 39.2 Å². The number of hydrogen-bond donors (Lipinski definition) is 0. The summed E-state index contributed by atoms with van der Waals surface area (Å²) in [6, 6.07) is 3.51. The van der Waals surface area contributed by atoms with Gasteiger partial charge >= 0.3 is 6.18 Å². The van der Waals surface area contributed by atoms with Crippen LogP contribution in [0, 0.1) is 0 Å². The zero-order chi connectivity index (χ0) is 19.2. The van der Waals surface area contributed by atoms with Gasteiger partial charge in [-0.3, -0.25) is 0 Å². The molecule has 0 N–H and O–H groups in total. The molecule has 0 radical (unpaired) electrons. The van der Waals surface area contributed by atoms with Gasteiger partial charge in [-0.05, 0) is 25.1 Å². The van der Waals surface area contributed by atoms with Gasteiger partial charge in [0.2, 0.25) is 0 Å². The van der Waals surface area contributed by atoms with E-state index in [-0.39, 0.29) is 0 Å². The highest BCUT2D eigenvalue weighted by molar-refractivity contribution is 5.90. The molecule has 1 aliphatic heterocycles. The van der Waals surface area contributed by atoms with E-state index in [0.717, 1.165) is 18.0 Å². The SMILES string of the molecule is CCOC1(c2nccn2C)CN(c2ncnc3ccc(C(F)(F)F)cc23)C1. The lowest BCUT2D eigenvalue weighted by atomic mass is 9.92. The second-order valence-electron chi connectivity index (χ2n) is 6.57. The minimum atomic E-state index is -4.42. The molecule has 3 aromatic rings. The number of alkyl halides is 3. The third-order valence-corrected chi connectivity index (χ3v) is 4.78. The average molecular weight is 377 g/mol. The molecular formula is C18H18F3N5O. The Morgan fingerprint density at radius 2 is 1.96 bits per heavy atom. The molecule has 0 saturated carbocycles. The smallest absolute Gasteiger partial charge is 0.364 e. The summed E-state index contributed by atoms with van der Waals surface area (Å²) in [5.41, 5.74) is -0.850. The van der Waals surface area contributed by atoms with Crippen LogP contribution in [0.3, 0.4) is 0 Å². The lowest BCUT2D eigenvalue weighted by molar-refractivity contribution is -0.137. The van der Waals surface area contributed by atoms with Crippen molar-refractivity contribution in [3.63, 3.8) is 0 Å². The Kier molecular flexibility index (Phi) is 4.06. The van der Waals surface area contributed by atoms with E-state index in [2.05, 4.69) is 15.0 Å². The fraction of sp³-hybridized carbons (Fsp3) is 0.389. The maximum Gasteiger partial charge on any atom is 0.416 e. The number of rotatable bonds is 4. The second kappa shape index (κ2) is 6.19. The van der Waals surface area contributed by atoms with Crippen LogP contribution in [0.15, 0.2) is 36.9 Å². The zero-order valence-electron chi connectivity index (χ0n) is 14.9. The monoisotopic (exact) mass is 377 g/mol. The van der Waals surface area contributed by atoms with E-state index >= 15 is 0 Å². The molecule has 3 heterocycles. The molecule has 0 bridgehead atoms. The van der Waals surface area contributed by atoms with Gasteiger partial charge in [-0.1, -0.05) is 0 Å². The quantitative estimate of drug-likeness (QED) is 0.699. The first-order valence-corrected chi connectivity index (χ1v) is 8.53. The number of benzene rings is 1. The van der Waals surface area contributed by atoms with E-state index in [1.165, 1.54) is 12.4 Å². The molecule has 0 amide bonds. The van der Waals surface area contributed by atoms with Gasteiger partial charge in [-0.2, -0.15) is 13.2 Å². The van der Waals surface area contributed by atoms with Crippen molar-refractivity contribution in [3.05, 3.63) is 48.3 Å². The van der Waals surface area contributed by atoms with E-state index in [9.17, 15) is 13.2 Å².